The third kappa shape index (κ3) is 3.04. The standard InChI is InChI=1S/C17H15NO3S/c19-17-13(5-2-7-15(17)16-8-3-9-22-16)10-12-4-1-6-14(11-12)18(20)21/h1,3-4,6,9-11H,2,5,7-8H2. The summed E-state index contributed by atoms with van der Waals surface area (Å²) in [6.07, 6.45) is 7.22. The van der Waals surface area contributed by atoms with Crippen LogP contribution in [0, 0.1) is 10.1 Å². The average Bonchev–Trinajstić information content (AvgIpc) is 3.04. The molecule has 1 aromatic rings. The zero-order chi connectivity index (χ0) is 15.5. The number of Topliss-reactive ketones (excluding diaryl/α,β-unsaturated/α-hetero) is 1. The van der Waals surface area contributed by atoms with E-state index < -0.39 is 4.92 Å². The monoisotopic (exact) mass is 313 g/mol. The second-order valence-corrected chi connectivity index (χ2v) is 6.30. The van der Waals surface area contributed by atoms with Gasteiger partial charge in [0.1, 0.15) is 0 Å². The summed E-state index contributed by atoms with van der Waals surface area (Å²) in [5.41, 5.74) is 2.42. The highest BCUT2D eigenvalue weighted by molar-refractivity contribution is 8.06. The fourth-order valence-electron chi connectivity index (χ4n) is 2.74. The first-order valence-electron chi connectivity index (χ1n) is 7.18. The number of carbonyl (C=O) groups is 1. The Labute approximate surface area is 132 Å². The minimum absolute atomic E-state index is 0.0479. The molecular weight excluding hydrogens is 298 g/mol. The first kappa shape index (κ1) is 14.8. The van der Waals surface area contributed by atoms with Crippen molar-refractivity contribution in [2.45, 2.75) is 25.7 Å². The second kappa shape index (κ2) is 6.32. The van der Waals surface area contributed by atoms with E-state index in [1.807, 2.05) is 5.41 Å². The lowest BCUT2D eigenvalue weighted by atomic mass is 9.87. The lowest BCUT2D eigenvalue weighted by molar-refractivity contribution is -0.384. The quantitative estimate of drug-likeness (QED) is 0.453. The zero-order valence-corrected chi connectivity index (χ0v) is 12.8. The largest absolute Gasteiger partial charge is 0.289 e. The highest BCUT2D eigenvalue weighted by Crippen LogP contribution is 2.37. The summed E-state index contributed by atoms with van der Waals surface area (Å²) in [6, 6.07) is 6.40. The molecule has 5 heteroatoms. The topological polar surface area (TPSA) is 60.2 Å². The number of hydrogen-bond donors (Lipinski definition) is 0. The van der Waals surface area contributed by atoms with E-state index in [2.05, 4.69) is 6.08 Å². The van der Waals surface area contributed by atoms with Gasteiger partial charge in [-0.1, -0.05) is 18.2 Å². The lowest BCUT2D eigenvalue weighted by Gasteiger charge is -2.18. The van der Waals surface area contributed by atoms with Gasteiger partial charge in [-0.05, 0) is 42.7 Å². The lowest BCUT2D eigenvalue weighted by Crippen LogP contribution is -2.13. The Morgan fingerprint density at radius 3 is 2.86 bits per heavy atom. The molecule has 0 bridgehead atoms. The number of thioether (sulfide) groups is 1. The highest BCUT2D eigenvalue weighted by Gasteiger charge is 2.24. The molecule has 3 rings (SSSR count). The number of hydrogen-bond acceptors (Lipinski definition) is 4. The normalized spacial score (nSPS) is 23.3. The number of rotatable bonds is 2. The van der Waals surface area contributed by atoms with Crippen LogP contribution in [0.5, 0.6) is 0 Å². The van der Waals surface area contributed by atoms with Gasteiger partial charge in [0.05, 0.1) is 4.92 Å². The fourth-order valence-corrected chi connectivity index (χ4v) is 3.62. The molecule has 1 aliphatic heterocycles. The van der Waals surface area contributed by atoms with E-state index in [0.717, 1.165) is 41.7 Å². The SMILES string of the molecule is O=C1C(=Cc2cccc([N+](=O)[O-])c2)CCCC1=C1CC=CS1. The molecule has 0 radical (unpaired) electrons. The van der Waals surface area contributed by atoms with Crippen LogP contribution in [0.25, 0.3) is 6.08 Å². The summed E-state index contributed by atoms with van der Waals surface area (Å²) >= 11 is 1.63. The van der Waals surface area contributed by atoms with Crippen LogP contribution in [-0.2, 0) is 4.79 Å². The number of carbonyl (C=O) groups excluding carboxylic acids is 1. The minimum Gasteiger partial charge on any atom is -0.289 e. The van der Waals surface area contributed by atoms with Crippen molar-refractivity contribution in [3.63, 3.8) is 0 Å². The third-order valence-electron chi connectivity index (χ3n) is 3.81. The average molecular weight is 313 g/mol. The van der Waals surface area contributed by atoms with E-state index in [1.165, 1.54) is 12.1 Å². The first-order valence-corrected chi connectivity index (χ1v) is 8.06. The Morgan fingerprint density at radius 1 is 1.27 bits per heavy atom. The van der Waals surface area contributed by atoms with E-state index in [0.29, 0.717) is 5.56 Å². The minimum atomic E-state index is -0.418. The molecule has 0 saturated heterocycles. The van der Waals surface area contributed by atoms with Gasteiger partial charge in [-0.2, -0.15) is 0 Å². The van der Waals surface area contributed by atoms with Gasteiger partial charge < -0.3 is 0 Å². The van der Waals surface area contributed by atoms with E-state index in [4.69, 9.17) is 0 Å². The number of nitro benzene ring substituents is 1. The van der Waals surface area contributed by atoms with Gasteiger partial charge in [0, 0.05) is 28.2 Å². The number of nitro groups is 1. The number of benzene rings is 1. The molecule has 0 spiro atoms. The summed E-state index contributed by atoms with van der Waals surface area (Å²) in [5, 5.41) is 12.9. The molecule has 112 valence electrons. The Morgan fingerprint density at radius 2 is 2.14 bits per heavy atom. The Bertz CT molecular complexity index is 721. The van der Waals surface area contributed by atoms with Crippen LogP contribution in [0.3, 0.4) is 0 Å². The van der Waals surface area contributed by atoms with Crippen LogP contribution >= 0.6 is 11.8 Å². The molecule has 1 saturated carbocycles. The van der Waals surface area contributed by atoms with Gasteiger partial charge in [0.25, 0.3) is 5.69 Å². The van der Waals surface area contributed by atoms with Crippen molar-refractivity contribution < 1.29 is 9.72 Å². The van der Waals surface area contributed by atoms with Gasteiger partial charge in [-0.3, -0.25) is 14.9 Å². The molecule has 22 heavy (non-hydrogen) atoms. The molecule has 1 fully saturated rings. The van der Waals surface area contributed by atoms with E-state index >= 15 is 0 Å². The van der Waals surface area contributed by atoms with E-state index in [9.17, 15) is 14.9 Å². The molecule has 1 heterocycles. The maximum absolute atomic E-state index is 12.6. The van der Waals surface area contributed by atoms with Gasteiger partial charge in [0.15, 0.2) is 5.78 Å². The van der Waals surface area contributed by atoms with Crippen molar-refractivity contribution in [3.8, 4) is 0 Å². The predicted molar refractivity (Wildman–Crippen MR) is 88.3 cm³/mol. The van der Waals surface area contributed by atoms with Crippen LogP contribution in [0.1, 0.15) is 31.2 Å². The van der Waals surface area contributed by atoms with Crippen LogP contribution in [0.4, 0.5) is 5.69 Å². The molecule has 2 aliphatic rings. The molecule has 1 aromatic carbocycles. The summed E-state index contributed by atoms with van der Waals surface area (Å²) in [6.45, 7) is 0. The molecule has 4 nitrogen and oxygen atoms in total. The van der Waals surface area contributed by atoms with Crippen LogP contribution in [0.15, 0.2) is 51.8 Å². The number of nitrogens with zero attached hydrogens (tertiary/aromatic N) is 1. The van der Waals surface area contributed by atoms with E-state index in [-0.39, 0.29) is 11.5 Å². The van der Waals surface area contributed by atoms with Gasteiger partial charge in [-0.15, -0.1) is 11.8 Å². The summed E-state index contributed by atoms with van der Waals surface area (Å²) in [4.78, 5) is 24.2. The van der Waals surface area contributed by atoms with Crippen molar-refractivity contribution in [2.75, 3.05) is 0 Å². The number of allylic oxidation sites excluding steroid dienone is 4. The smallest absolute Gasteiger partial charge is 0.270 e. The van der Waals surface area contributed by atoms with Gasteiger partial charge >= 0.3 is 0 Å². The Kier molecular flexibility index (Phi) is 4.24. The predicted octanol–water partition coefficient (Wildman–Crippen LogP) is 4.64. The van der Waals surface area contributed by atoms with Crippen molar-refractivity contribution in [3.05, 3.63) is 67.5 Å². The summed E-state index contributed by atoms with van der Waals surface area (Å²) in [7, 11) is 0. The summed E-state index contributed by atoms with van der Waals surface area (Å²) < 4.78 is 0. The van der Waals surface area contributed by atoms with Crippen LogP contribution in [0.2, 0.25) is 0 Å². The fraction of sp³-hybridized carbons (Fsp3) is 0.235. The zero-order valence-electron chi connectivity index (χ0n) is 12.0. The molecule has 0 unspecified atom stereocenters. The molecular formula is C17H15NO3S. The molecule has 0 amide bonds. The maximum atomic E-state index is 12.6. The van der Waals surface area contributed by atoms with Crippen molar-refractivity contribution in [1.82, 2.24) is 0 Å². The summed E-state index contributed by atoms with van der Waals surface area (Å²) in [5.74, 6) is 0.101. The van der Waals surface area contributed by atoms with Gasteiger partial charge in [-0.25, -0.2) is 0 Å². The highest BCUT2D eigenvalue weighted by atomic mass is 32.2. The van der Waals surface area contributed by atoms with E-state index in [1.54, 1.807) is 30.0 Å². The van der Waals surface area contributed by atoms with Crippen LogP contribution in [-0.4, -0.2) is 10.7 Å². The molecule has 1 aliphatic carbocycles. The van der Waals surface area contributed by atoms with Crippen LogP contribution < -0.4 is 0 Å². The maximum Gasteiger partial charge on any atom is 0.270 e. The van der Waals surface area contributed by atoms with Crippen molar-refractivity contribution in [2.24, 2.45) is 0 Å². The van der Waals surface area contributed by atoms with Crippen molar-refractivity contribution in [1.29, 1.82) is 0 Å². The molecule has 0 atom stereocenters. The van der Waals surface area contributed by atoms with Crippen molar-refractivity contribution >= 4 is 29.3 Å². The number of non-ortho nitro benzene ring substituents is 1. The first-order chi connectivity index (χ1) is 10.6. The Balaban J connectivity index is 1.90. The molecule has 0 N–H and O–H groups in total. The number of ketones is 1. The second-order valence-electron chi connectivity index (χ2n) is 5.30. The molecule has 0 aromatic heterocycles. The third-order valence-corrected chi connectivity index (χ3v) is 4.83. The Hall–Kier alpha value is -2.14. The van der Waals surface area contributed by atoms with Gasteiger partial charge in [0.2, 0.25) is 0 Å².